The molecular weight excluding hydrogens is 316 g/mol. The zero-order valence-corrected chi connectivity index (χ0v) is 11.7. The third-order valence-electron chi connectivity index (χ3n) is 3.25. The first kappa shape index (κ1) is 13.8. The normalized spacial score (nSPS) is 19.2. The Morgan fingerprint density at radius 1 is 1.53 bits per heavy atom. The van der Waals surface area contributed by atoms with Crippen molar-refractivity contribution in [2.75, 3.05) is 18.0 Å². The van der Waals surface area contributed by atoms with Gasteiger partial charge >= 0.3 is 5.97 Å². The van der Waals surface area contributed by atoms with Gasteiger partial charge in [0.25, 0.3) is 5.69 Å². The molecule has 0 aromatic heterocycles. The number of nitro benzene ring substituents is 1. The molecule has 1 atom stereocenters. The fourth-order valence-electron chi connectivity index (χ4n) is 2.30. The highest BCUT2D eigenvalue weighted by molar-refractivity contribution is 9.10. The lowest BCUT2D eigenvalue weighted by atomic mass is 9.97. The molecule has 0 amide bonds. The van der Waals surface area contributed by atoms with Crippen LogP contribution >= 0.6 is 15.9 Å². The fourth-order valence-corrected chi connectivity index (χ4v) is 2.65. The van der Waals surface area contributed by atoms with Crippen LogP contribution in [0.3, 0.4) is 0 Å². The van der Waals surface area contributed by atoms with Gasteiger partial charge in [0.05, 0.1) is 10.8 Å². The Kier molecular flexibility index (Phi) is 4.04. The predicted octanol–water partition coefficient (Wildman–Crippen LogP) is 2.66. The van der Waals surface area contributed by atoms with E-state index in [0.717, 1.165) is 10.9 Å². The van der Waals surface area contributed by atoms with Crippen LogP contribution in [0.4, 0.5) is 11.4 Å². The predicted molar refractivity (Wildman–Crippen MR) is 73.4 cm³/mol. The molecule has 0 saturated carbocycles. The lowest BCUT2D eigenvalue weighted by Gasteiger charge is -2.32. The summed E-state index contributed by atoms with van der Waals surface area (Å²) in [6, 6.07) is 4.71. The minimum Gasteiger partial charge on any atom is -0.481 e. The molecule has 6 nitrogen and oxygen atoms in total. The van der Waals surface area contributed by atoms with E-state index in [1.807, 2.05) is 0 Å². The van der Waals surface area contributed by atoms with E-state index in [9.17, 15) is 14.9 Å². The Hall–Kier alpha value is -1.63. The highest BCUT2D eigenvalue weighted by Crippen LogP contribution is 2.33. The molecule has 1 aromatic rings. The molecule has 0 aliphatic carbocycles. The highest BCUT2D eigenvalue weighted by Gasteiger charge is 2.29. The first-order chi connectivity index (χ1) is 8.99. The first-order valence-electron chi connectivity index (χ1n) is 5.90. The average molecular weight is 329 g/mol. The van der Waals surface area contributed by atoms with Crippen molar-refractivity contribution in [2.45, 2.75) is 12.8 Å². The van der Waals surface area contributed by atoms with Crippen molar-refractivity contribution < 1.29 is 14.8 Å². The van der Waals surface area contributed by atoms with Gasteiger partial charge < -0.3 is 10.0 Å². The minimum absolute atomic E-state index is 0.00855. The summed E-state index contributed by atoms with van der Waals surface area (Å²) in [4.78, 5) is 23.4. The summed E-state index contributed by atoms with van der Waals surface area (Å²) in [6.07, 6.45) is 1.34. The van der Waals surface area contributed by atoms with Crippen LogP contribution in [0, 0.1) is 16.0 Å². The van der Waals surface area contributed by atoms with Crippen LogP contribution in [0.25, 0.3) is 0 Å². The number of halogens is 1. The van der Waals surface area contributed by atoms with Crippen molar-refractivity contribution in [3.63, 3.8) is 0 Å². The second kappa shape index (κ2) is 5.56. The van der Waals surface area contributed by atoms with Gasteiger partial charge in [0.2, 0.25) is 0 Å². The number of carbonyl (C=O) groups is 1. The number of nitrogens with zero attached hydrogens (tertiary/aromatic N) is 2. The first-order valence-corrected chi connectivity index (χ1v) is 6.70. The molecule has 1 N–H and O–H groups in total. The molecule has 2 rings (SSSR count). The largest absolute Gasteiger partial charge is 0.481 e. The molecule has 1 unspecified atom stereocenters. The van der Waals surface area contributed by atoms with Crippen molar-refractivity contribution in [2.24, 2.45) is 5.92 Å². The molecule has 0 bridgehead atoms. The zero-order chi connectivity index (χ0) is 14.0. The Labute approximate surface area is 118 Å². The van der Waals surface area contributed by atoms with Crippen LogP contribution in [0.5, 0.6) is 0 Å². The Balaban J connectivity index is 2.32. The van der Waals surface area contributed by atoms with E-state index in [1.54, 1.807) is 17.0 Å². The van der Waals surface area contributed by atoms with Crippen molar-refractivity contribution >= 4 is 33.3 Å². The smallest absolute Gasteiger partial charge is 0.308 e. The lowest BCUT2D eigenvalue weighted by molar-refractivity contribution is -0.384. The van der Waals surface area contributed by atoms with Gasteiger partial charge in [0, 0.05) is 23.6 Å². The van der Waals surface area contributed by atoms with Crippen molar-refractivity contribution in [1.29, 1.82) is 0 Å². The number of carboxylic acid groups (broad SMARTS) is 1. The number of nitro groups is 1. The van der Waals surface area contributed by atoms with E-state index in [0.29, 0.717) is 25.2 Å². The topological polar surface area (TPSA) is 83.7 Å². The van der Waals surface area contributed by atoms with E-state index in [2.05, 4.69) is 15.9 Å². The van der Waals surface area contributed by atoms with Crippen LogP contribution in [0.15, 0.2) is 22.7 Å². The Morgan fingerprint density at radius 2 is 2.26 bits per heavy atom. The van der Waals surface area contributed by atoms with Gasteiger partial charge in [-0.2, -0.15) is 0 Å². The molecule has 1 saturated heterocycles. The van der Waals surface area contributed by atoms with Crippen LogP contribution in [0.1, 0.15) is 12.8 Å². The third-order valence-corrected chi connectivity index (χ3v) is 3.74. The van der Waals surface area contributed by atoms with Crippen molar-refractivity contribution in [3.05, 3.63) is 32.8 Å². The summed E-state index contributed by atoms with van der Waals surface area (Å²) in [5, 5.41) is 20.1. The summed E-state index contributed by atoms with van der Waals surface area (Å²) >= 11 is 3.29. The maximum atomic E-state index is 11.0. The summed E-state index contributed by atoms with van der Waals surface area (Å²) in [6.45, 7) is 0.952. The molecule has 0 radical (unpaired) electrons. The van der Waals surface area contributed by atoms with Crippen LogP contribution in [-0.4, -0.2) is 29.1 Å². The Morgan fingerprint density at radius 3 is 2.89 bits per heavy atom. The van der Waals surface area contributed by atoms with Gasteiger partial charge in [-0.05, 0) is 25.0 Å². The number of anilines is 1. The fraction of sp³-hybridized carbons (Fsp3) is 0.417. The third kappa shape index (κ3) is 3.04. The number of hydrogen-bond acceptors (Lipinski definition) is 4. The van der Waals surface area contributed by atoms with Crippen molar-refractivity contribution in [1.82, 2.24) is 0 Å². The Bertz CT molecular complexity index is 520. The van der Waals surface area contributed by atoms with E-state index >= 15 is 0 Å². The number of carboxylic acids is 1. The molecule has 1 aliphatic heterocycles. The minimum atomic E-state index is -0.845. The van der Waals surface area contributed by atoms with E-state index in [-0.39, 0.29) is 5.69 Å². The van der Waals surface area contributed by atoms with Gasteiger partial charge in [0.1, 0.15) is 5.69 Å². The molecule has 1 aromatic carbocycles. The number of aliphatic carboxylic acids is 1. The molecule has 102 valence electrons. The second-order valence-electron chi connectivity index (χ2n) is 4.51. The molecule has 1 heterocycles. The summed E-state index contributed by atoms with van der Waals surface area (Å²) < 4.78 is 0.741. The molecule has 19 heavy (non-hydrogen) atoms. The van der Waals surface area contributed by atoms with Crippen LogP contribution in [-0.2, 0) is 4.79 Å². The zero-order valence-electron chi connectivity index (χ0n) is 10.1. The van der Waals surface area contributed by atoms with Crippen LogP contribution in [0.2, 0.25) is 0 Å². The molecular formula is C12H13BrN2O4. The summed E-state index contributed by atoms with van der Waals surface area (Å²) in [7, 11) is 0. The van der Waals surface area contributed by atoms with Crippen LogP contribution < -0.4 is 4.90 Å². The van der Waals surface area contributed by atoms with E-state index < -0.39 is 16.8 Å². The second-order valence-corrected chi connectivity index (χ2v) is 5.43. The molecule has 1 fully saturated rings. The number of benzene rings is 1. The maximum Gasteiger partial charge on any atom is 0.308 e. The highest BCUT2D eigenvalue weighted by atomic mass is 79.9. The quantitative estimate of drug-likeness (QED) is 0.681. The lowest BCUT2D eigenvalue weighted by Crippen LogP contribution is -2.39. The van der Waals surface area contributed by atoms with E-state index in [4.69, 9.17) is 5.11 Å². The summed E-state index contributed by atoms with van der Waals surface area (Å²) in [5.41, 5.74) is 0.486. The van der Waals surface area contributed by atoms with Gasteiger partial charge in [-0.15, -0.1) is 0 Å². The SMILES string of the molecule is O=C(O)C1CCCN(c2cc(Br)ccc2[N+](=O)[O-])C1. The molecule has 1 aliphatic rings. The summed E-state index contributed by atoms with van der Waals surface area (Å²) in [5.74, 6) is -1.31. The molecule has 7 heteroatoms. The number of piperidine rings is 1. The number of hydrogen-bond donors (Lipinski definition) is 1. The average Bonchev–Trinajstić information content (AvgIpc) is 2.38. The van der Waals surface area contributed by atoms with Gasteiger partial charge in [-0.3, -0.25) is 14.9 Å². The maximum absolute atomic E-state index is 11.0. The van der Waals surface area contributed by atoms with Crippen molar-refractivity contribution in [3.8, 4) is 0 Å². The van der Waals surface area contributed by atoms with E-state index in [1.165, 1.54) is 6.07 Å². The van der Waals surface area contributed by atoms with Gasteiger partial charge in [-0.25, -0.2) is 0 Å². The monoisotopic (exact) mass is 328 g/mol. The standard InChI is InChI=1S/C12H13BrN2O4/c13-9-3-4-10(15(18)19)11(6-9)14-5-1-2-8(7-14)12(16)17/h3-4,6,8H,1-2,5,7H2,(H,16,17). The number of rotatable bonds is 3. The van der Waals surface area contributed by atoms with Gasteiger partial charge in [0.15, 0.2) is 0 Å². The van der Waals surface area contributed by atoms with Gasteiger partial charge in [-0.1, -0.05) is 15.9 Å². The molecule has 0 spiro atoms.